The first-order valence-electron chi connectivity index (χ1n) is 16.1. The second kappa shape index (κ2) is 14.2. The van der Waals surface area contributed by atoms with Gasteiger partial charge in [0.2, 0.25) is 17.6 Å². The Morgan fingerprint density at radius 1 is 0.860 bits per heavy atom. The van der Waals surface area contributed by atoms with Gasteiger partial charge in [-0.2, -0.15) is 0 Å². The molecular formula is C32H53N5O6. The van der Waals surface area contributed by atoms with E-state index < -0.39 is 59.1 Å². The Hall–Kier alpha value is -2.98. The summed E-state index contributed by atoms with van der Waals surface area (Å²) in [7, 11) is 0. The highest BCUT2D eigenvalue weighted by Crippen LogP contribution is 2.35. The fraction of sp³-hybridized carbons (Fsp3) is 0.812. The molecule has 1 saturated heterocycles. The van der Waals surface area contributed by atoms with Crippen LogP contribution in [-0.2, 0) is 24.0 Å². The third-order valence-corrected chi connectivity index (χ3v) is 9.15. The molecule has 0 aromatic rings. The molecule has 242 valence electrons. The molecule has 5 amide bonds. The lowest BCUT2D eigenvalue weighted by molar-refractivity contribution is -0.144. The van der Waals surface area contributed by atoms with Gasteiger partial charge in [0.25, 0.3) is 5.91 Å². The number of nitrogens with zero attached hydrogens (tertiary/aromatic N) is 1. The second-order valence-corrected chi connectivity index (χ2v) is 14.8. The minimum atomic E-state index is -1.09. The normalized spacial score (nSPS) is 22.9. The zero-order chi connectivity index (χ0) is 32.2. The van der Waals surface area contributed by atoms with Crippen molar-refractivity contribution < 1.29 is 28.8 Å². The number of ketones is 2. The van der Waals surface area contributed by atoms with Crippen LogP contribution in [0.15, 0.2) is 0 Å². The van der Waals surface area contributed by atoms with Crippen molar-refractivity contribution >= 4 is 35.3 Å². The zero-order valence-corrected chi connectivity index (χ0v) is 27.0. The summed E-state index contributed by atoms with van der Waals surface area (Å²) < 4.78 is 0. The average molecular weight is 604 g/mol. The van der Waals surface area contributed by atoms with E-state index in [0.717, 1.165) is 32.1 Å². The molecule has 11 heteroatoms. The summed E-state index contributed by atoms with van der Waals surface area (Å²) in [6.45, 7) is 13.7. The lowest BCUT2D eigenvalue weighted by atomic mass is 9.80. The summed E-state index contributed by atoms with van der Waals surface area (Å²) in [6, 6.07) is -4.14. The molecule has 3 fully saturated rings. The molecule has 1 heterocycles. The first kappa shape index (κ1) is 34.5. The van der Waals surface area contributed by atoms with Crippen molar-refractivity contribution in [1.29, 1.82) is 0 Å². The fourth-order valence-electron chi connectivity index (χ4n) is 6.35. The Labute approximate surface area is 256 Å². The molecule has 0 bridgehead atoms. The standard InChI is InChI=1S/C32H53N5O6/c1-17(2)15-21-13-14-37(24(21)29(41)34-22(26(39)28(33)40)16-19-9-8-10-19)30(42)27(32(5,6)7)36-31(43)35-23(18(3)4)25(38)20-11-12-20/h17-24,27H,8-16H2,1-7H3,(H2,33,40)(H,34,41)(H2,35,36,43)/t21-,22?,23+,24+,27-/m1/s1. The summed E-state index contributed by atoms with van der Waals surface area (Å²) in [5.74, 6) is -2.60. The number of Topliss-reactive ketones (excluding diaryl/α,β-unsaturated/α-hetero) is 2. The summed E-state index contributed by atoms with van der Waals surface area (Å²) in [5.41, 5.74) is 4.61. The predicted molar refractivity (Wildman–Crippen MR) is 162 cm³/mol. The van der Waals surface area contributed by atoms with Crippen LogP contribution in [0.3, 0.4) is 0 Å². The van der Waals surface area contributed by atoms with Gasteiger partial charge in [-0.05, 0) is 61.2 Å². The van der Waals surface area contributed by atoms with E-state index >= 15 is 0 Å². The number of nitrogens with two attached hydrogens (primary N) is 1. The van der Waals surface area contributed by atoms with Crippen LogP contribution in [0.5, 0.6) is 0 Å². The number of likely N-dealkylation sites (tertiary alicyclic amines) is 1. The number of hydrogen-bond donors (Lipinski definition) is 4. The number of amides is 5. The maximum atomic E-state index is 14.2. The van der Waals surface area contributed by atoms with E-state index in [-0.39, 0.29) is 35.4 Å². The molecule has 1 unspecified atom stereocenters. The maximum Gasteiger partial charge on any atom is 0.316 e. The molecule has 3 rings (SSSR count). The quantitative estimate of drug-likeness (QED) is 0.223. The van der Waals surface area contributed by atoms with Gasteiger partial charge in [0.15, 0.2) is 5.78 Å². The summed E-state index contributed by atoms with van der Waals surface area (Å²) >= 11 is 0. The van der Waals surface area contributed by atoms with Crippen molar-refractivity contribution in [2.45, 2.75) is 124 Å². The minimum absolute atomic E-state index is 0.0125. The first-order chi connectivity index (χ1) is 20.0. The lowest BCUT2D eigenvalue weighted by Gasteiger charge is -2.37. The molecule has 0 aromatic heterocycles. The Morgan fingerprint density at radius 2 is 1.49 bits per heavy atom. The second-order valence-electron chi connectivity index (χ2n) is 14.8. The minimum Gasteiger partial charge on any atom is -0.363 e. The molecule has 2 saturated carbocycles. The largest absolute Gasteiger partial charge is 0.363 e. The third-order valence-electron chi connectivity index (χ3n) is 9.15. The van der Waals surface area contributed by atoms with E-state index in [2.05, 4.69) is 16.0 Å². The van der Waals surface area contributed by atoms with Gasteiger partial charge in [-0.15, -0.1) is 0 Å². The third kappa shape index (κ3) is 9.01. The fourth-order valence-corrected chi connectivity index (χ4v) is 6.35. The van der Waals surface area contributed by atoms with Gasteiger partial charge >= 0.3 is 6.03 Å². The molecule has 0 spiro atoms. The molecule has 1 aliphatic heterocycles. The van der Waals surface area contributed by atoms with Crippen molar-refractivity contribution in [3.8, 4) is 0 Å². The monoisotopic (exact) mass is 603 g/mol. The van der Waals surface area contributed by atoms with Crippen LogP contribution in [0.25, 0.3) is 0 Å². The molecule has 0 radical (unpaired) electrons. The van der Waals surface area contributed by atoms with E-state index in [1.165, 1.54) is 4.90 Å². The summed E-state index contributed by atoms with van der Waals surface area (Å²) in [6.07, 6.45) is 6.17. The van der Waals surface area contributed by atoms with E-state index in [1.54, 1.807) is 0 Å². The van der Waals surface area contributed by atoms with Crippen LogP contribution >= 0.6 is 0 Å². The van der Waals surface area contributed by atoms with E-state index in [1.807, 2.05) is 48.5 Å². The van der Waals surface area contributed by atoms with Crippen molar-refractivity contribution in [2.24, 2.45) is 40.7 Å². The number of hydrogen-bond acceptors (Lipinski definition) is 6. The first-order valence-corrected chi connectivity index (χ1v) is 16.1. The van der Waals surface area contributed by atoms with Gasteiger partial charge in [-0.25, -0.2) is 4.79 Å². The van der Waals surface area contributed by atoms with Crippen LogP contribution in [0.2, 0.25) is 0 Å². The Bertz CT molecular complexity index is 1070. The predicted octanol–water partition coefficient (Wildman–Crippen LogP) is 2.70. The van der Waals surface area contributed by atoms with Crippen molar-refractivity contribution in [3.05, 3.63) is 0 Å². The number of nitrogens with one attached hydrogen (secondary N) is 3. The highest BCUT2D eigenvalue weighted by atomic mass is 16.2. The average Bonchev–Trinajstić information content (AvgIpc) is 3.64. The lowest BCUT2D eigenvalue weighted by Crippen LogP contribution is -2.62. The molecule has 11 nitrogen and oxygen atoms in total. The number of carbonyl (C=O) groups is 6. The number of primary amides is 1. The summed E-state index contributed by atoms with van der Waals surface area (Å²) in [5, 5.41) is 8.42. The topological polar surface area (TPSA) is 168 Å². The van der Waals surface area contributed by atoms with Gasteiger partial charge in [0, 0.05) is 12.5 Å². The van der Waals surface area contributed by atoms with Crippen molar-refractivity contribution in [3.63, 3.8) is 0 Å². The number of carbonyl (C=O) groups excluding carboxylic acids is 6. The van der Waals surface area contributed by atoms with Gasteiger partial charge in [0.1, 0.15) is 12.1 Å². The molecule has 3 aliphatic rings. The van der Waals surface area contributed by atoms with E-state index in [0.29, 0.717) is 25.8 Å². The molecule has 2 aliphatic carbocycles. The Morgan fingerprint density at radius 3 is 1.95 bits per heavy atom. The summed E-state index contributed by atoms with van der Waals surface area (Å²) in [4.78, 5) is 80.1. The van der Waals surface area contributed by atoms with Crippen molar-refractivity contribution in [2.75, 3.05) is 6.54 Å². The van der Waals surface area contributed by atoms with Crippen LogP contribution in [-0.4, -0.2) is 70.9 Å². The van der Waals surface area contributed by atoms with Gasteiger partial charge < -0.3 is 26.6 Å². The maximum absolute atomic E-state index is 14.2. The smallest absolute Gasteiger partial charge is 0.316 e. The molecule has 43 heavy (non-hydrogen) atoms. The molecule has 5 N–H and O–H groups in total. The van der Waals surface area contributed by atoms with Crippen molar-refractivity contribution in [1.82, 2.24) is 20.9 Å². The van der Waals surface area contributed by atoms with Crippen LogP contribution in [0.1, 0.15) is 99.8 Å². The number of rotatable bonds is 14. The van der Waals surface area contributed by atoms with Gasteiger partial charge in [0.05, 0.1) is 12.1 Å². The van der Waals surface area contributed by atoms with Gasteiger partial charge in [-0.1, -0.05) is 67.7 Å². The SMILES string of the molecule is CC(C)C[C@H]1CCN(C(=O)[C@@H](NC(=O)N[C@H](C(=O)C2CC2)C(C)C)C(C)(C)C)[C@@H]1C(=O)NC(CC1CCC1)C(=O)C(N)=O. The molecular weight excluding hydrogens is 550 g/mol. The number of urea groups is 1. The Kier molecular flexibility index (Phi) is 11.4. The molecule has 0 aromatic carbocycles. The molecule has 5 atom stereocenters. The van der Waals surface area contributed by atoms with Gasteiger partial charge in [-0.3, -0.25) is 24.0 Å². The van der Waals surface area contributed by atoms with E-state index in [9.17, 15) is 28.8 Å². The van der Waals surface area contributed by atoms with Crippen LogP contribution < -0.4 is 21.7 Å². The van der Waals surface area contributed by atoms with Crippen LogP contribution in [0.4, 0.5) is 4.79 Å². The zero-order valence-electron chi connectivity index (χ0n) is 27.0. The van der Waals surface area contributed by atoms with Crippen LogP contribution in [0, 0.1) is 35.0 Å². The van der Waals surface area contributed by atoms with E-state index in [4.69, 9.17) is 5.73 Å². The highest BCUT2D eigenvalue weighted by molar-refractivity contribution is 6.37. The Balaban J connectivity index is 1.82. The highest BCUT2D eigenvalue weighted by Gasteiger charge is 2.47.